The van der Waals surface area contributed by atoms with Gasteiger partial charge in [-0.15, -0.1) is 0 Å². The Morgan fingerprint density at radius 1 is 0.562 bits per heavy atom. The van der Waals surface area contributed by atoms with Crippen LogP contribution in [0.25, 0.3) is 12.2 Å². The SMILES string of the molecule is COOCc1ccc(NC(=O)/C=C/C=C/c2cc(OC)c(OC)c(OC)c2)c(NC(=O)/C=C/C=C/c2cc(OC)c(OC)c(OC)c2)c1. The molecule has 12 heteroatoms. The second-order valence-corrected chi connectivity index (χ2v) is 9.64. The maximum absolute atomic E-state index is 12.8. The van der Waals surface area contributed by atoms with Crippen molar-refractivity contribution in [2.75, 3.05) is 60.4 Å². The lowest BCUT2D eigenvalue weighted by Crippen LogP contribution is -2.14. The molecule has 0 aliphatic heterocycles. The molecule has 0 spiro atoms. The fourth-order valence-electron chi connectivity index (χ4n) is 4.38. The Kier molecular flexibility index (Phi) is 14.6. The van der Waals surface area contributed by atoms with Gasteiger partial charge in [0.1, 0.15) is 6.61 Å². The Bertz CT molecular complexity index is 1630. The van der Waals surface area contributed by atoms with Crippen LogP contribution in [-0.2, 0) is 26.0 Å². The van der Waals surface area contributed by atoms with Crippen LogP contribution in [0.15, 0.2) is 78.9 Å². The lowest BCUT2D eigenvalue weighted by molar-refractivity contribution is -0.282. The van der Waals surface area contributed by atoms with Gasteiger partial charge in [0, 0.05) is 12.2 Å². The topological polar surface area (TPSA) is 132 Å². The first kappa shape index (κ1) is 36.7. The number of carbonyl (C=O) groups excluding carboxylic acids is 2. The zero-order chi connectivity index (χ0) is 34.9. The Hall–Kier alpha value is -5.72. The molecular weight excluding hydrogens is 620 g/mol. The molecule has 0 atom stereocenters. The predicted molar refractivity (Wildman–Crippen MR) is 184 cm³/mol. The van der Waals surface area contributed by atoms with Crippen molar-refractivity contribution < 1.29 is 47.8 Å². The van der Waals surface area contributed by atoms with Crippen LogP contribution in [-0.4, -0.2) is 61.6 Å². The van der Waals surface area contributed by atoms with Crippen molar-refractivity contribution in [1.82, 2.24) is 0 Å². The molecule has 3 rings (SSSR count). The molecule has 0 saturated heterocycles. The number of nitrogens with one attached hydrogen (secondary N) is 2. The van der Waals surface area contributed by atoms with Gasteiger partial charge in [-0.05, 0) is 53.1 Å². The zero-order valence-electron chi connectivity index (χ0n) is 27.9. The lowest BCUT2D eigenvalue weighted by Gasteiger charge is -2.13. The molecule has 0 bridgehead atoms. The second-order valence-electron chi connectivity index (χ2n) is 9.64. The highest BCUT2D eigenvalue weighted by molar-refractivity contribution is 6.06. The highest BCUT2D eigenvalue weighted by Crippen LogP contribution is 2.39. The van der Waals surface area contributed by atoms with Gasteiger partial charge in [-0.3, -0.25) is 9.59 Å². The minimum absolute atomic E-state index is 0.132. The third kappa shape index (κ3) is 10.4. The predicted octanol–water partition coefficient (Wildman–Crippen LogP) is 6.23. The molecule has 0 saturated carbocycles. The van der Waals surface area contributed by atoms with Gasteiger partial charge in [0.05, 0.1) is 61.1 Å². The van der Waals surface area contributed by atoms with E-state index in [4.69, 9.17) is 38.2 Å². The van der Waals surface area contributed by atoms with Gasteiger partial charge in [-0.2, -0.15) is 0 Å². The Morgan fingerprint density at radius 2 is 1.00 bits per heavy atom. The number of hydrogen-bond acceptors (Lipinski definition) is 10. The number of amides is 2. The molecule has 0 aliphatic carbocycles. The van der Waals surface area contributed by atoms with E-state index in [0.29, 0.717) is 51.4 Å². The van der Waals surface area contributed by atoms with E-state index < -0.39 is 11.8 Å². The molecule has 12 nitrogen and oxygen atoms in total. The lowest BCUT2D eigenvalue weighted by atomic mass is 10.1. The summed E-state index contributed by atoms with van der Waals surface area (Å²) in [5.41, 5.74) is 3.01. The molecule has 2 amide bonds. The molecule has 48 heavy (non-hydrogen) atoms. The van der Waals surface area contributed by atoms with E-state index in [1.165, 1.54) is 61.9 Å². The standard InChI is InChI=1S/C36H40N2O10/c1-41-29-19-24(20-30(42-2)35(29)45-5)12-8-10-14-33(39)37-27-17-16-26(23-48-47-7)18-28(27)38-34(40)15-11-9-13-25-21-31(43-3)36(46-6)32(22-25)44-4/h8-22H,23H2,1-7H3,(H,37,39)(H,38,40)/b12-8+,13-9+,14-10+,15-11+. The third-order valence-corrected chi connectivity index (χ3v) is 6.61. The van der Waals surface area contributed by atoms with Crippen LogP contribution in [0.5, 0.6) is 34.5 Å². The van der Waals surface area contributed by atoms with E-state index >= 15 is 0 Å². The molecule has 0 radical (unpaired) electrons. The van der Waals surface area contributed by atoms with Crippen molar-refractivity contribution in [1.29, 1.82) is 0 Å². The first-order chi connectivity index (χ1) is 23.3. The van der Waals surface area contributed by atoms with Crippen LogP contribution in [0.2, 0.25) is 0 Å². The van der Waals surface area contributed by atoms with Crippen molar-refractivity contribution in [2.45, 2.75) is 6.61 Å². The van der Waals surface area contributed by atoms with Crippen LogP contribution in [0.4, 0.5) is 11.4 Å². The first-order valence-electron chi connectivity index (χ1n) is 14.5. The largest absolute Gasteiger partial charge is 0.493 e. The Labute approximate surface area is 280 Å². The van der Waals surface area contributed by atoms with Crippen molar-refractivity contribution in [3.8, 4) is 34.5 Å². The first-order valence-corrected chi connectivity index (χ1v) is 14.5. The van der Waals surface area contributed by atoms with E-state index in [-0.39, 0.29) is 6.61 Å². The summed E-state index contributed by atoms with van der Waals surface area (Å²) in [4.78, 5) is 35.3. The number of benzene rings is 3. The van der Waals surface area contributed by atoms with Crippen LogP contribution in [0, 0.1) is 0 Å². The van der Waals surface area contributed by atoms with Crippen LogP contribution >= 0.6 is 0 Å². The second kappa shape index (κ2) is 19.1. The maximum atomic E-state index is 12.8. The number of carbonyl (C=O) groups is 2. The van der Waals surface area contributed by atoms with Gasteiger partial charge >= 0.3 is 0 Å². The summed E-state index contributed by atoms with van der Waals surface area (Å²) in [5.74, 6) is 2.17. The van der Waals surface area contributed by atoms with Crippen LogP contribution < -0.4 is 39.1 Å². The van der Waals surface area contributed by atoms with Gasteiger partial charge in [0.15, 0.2) is 23.0 Å². The van der Waals surface area contributed by atoms with Crippen LogP contribution in [0.3, 0.4) is 0 Å². The maximum Gasteiger partial charge on any atom is 0.248 e. The van der Waals surface area contributed by atoms with E-state index in [1.54, 1.807) is 78.9 Å². The quantitative estimate of drug-likeness (QED) is 0.0743. The van der Waals surface area contributed by atoms with Crippen molar-refractivity contribution >= 4 is 35.3 Å². The van der Waals surface area contributed by atoms with E-state index in [9.17, 15) is 9.59 Å². The van der Waals surface area contributed by atoms with Gasteiger partial charge < -0.3 is 39.1 Å². The highest BCUT2D eigenvalue weighted by atomic mass is 17.2. The molecule has 0 heterocycles. The number of methoxy groups -OCH3 is 6. The van der Waals surface area contributed by atoms with E-state index in [1.807, 2.05) is 0 Å². The summed E-state index contributed by atoms with van der Waals surface area (Å²) >= 11 is 0. The minimum Gasteiger partial charge on any atom is -0.493 e. The average Bonchev–Trinajstić information content (AvgIpc) is 3.10. The van der Waals surface area contributed by atoms with Gasteiger partial charge in [-0.1, -0.05) is 42.5 Å². The van der Waals surface area contributed by atoms with E-state index in [0.717, 1.165) is 11.1 Å². The summed E-state index contributed by atoms with van der Waals surface area (Å²) in [6.45, 7) is 0.132. The minimum atomic E-state index is -0.423. The Balaban J connectivity index is 1.72. The van der Waals surface area contributed by atoms with Crippen molar-refractivity contribution in [3.63, 3.8) is 0 Å². The number of ether oxygens (including phenoxy) is 6. The fourth-order valence-corrected chi connectivity index (χ4v) is 4.38. The van der Waals surface area contributed by atoms with Crippen molar-refractivity contribution in [3.05, 3.63) is 95.6 Å². The van der Waals surface area contributed by atoms with Gasteiger partial charge in [-0.25, -0.2) is 9.78 Å². The average molecular weight is 661 g/mol. The molecule has 254 valence electrons. The zero-order valence-corrected chi connectivity index (χ0v) is 27.9. The molecular formula is C36H40N2O10. The molecule has 3 aromatic carbocycles. The number of anilines is 2. The van der Waals surface area contributed by atoms with Gasteiger partial charge in [0.25, 0.3) is 0 Å². The van der Waals surface area contributed by atoms with Gasteiger partial charge in [0.2, 0.25) is 23.3 Å². The Morgan fingerprint density at radius 3 is 1.40 bits per heavy atom. The monoisotopic (exact) mass is 660 g/mol. The molecule has 2 N–H and O–H groups in total. The molecule has 0 fully saturated rings. The molecule has 0 aromatic heterocycles. The van der Waals surface area contributed by atoms with Crippen LogP contribution in [0.1, 0.15) is 16.7 Å². The molecule has 0 aliphatic rings. The summed E-state index contributed by atoms with van der Waals surface area (Å²) in [6, 6.07) is 12.2. The summed E-state index contributed by atoms with van der Waals surface area (Å²) in [6.07, 6.45) is 12.8. The van der Waals surface area contributed by atoms with E-state index in [2.05, 4.69) is 10.6 Å². The number of hydrogen-bond donors (Lipinski definition) is 2. The molecule has 3 aromatic rings. The number of rotatable bonds is 17. The fraction of sp³-hybridized carbons (Fsp3) is 0.222. The summed E-state index contributed by atoms with van der Waals surface area (Å²) in [5, 5.41) is 5.60. The summed E-state index contributed by atoms with van der Waals surface area (Å²) < 4.78 is 32.2. The van der Waals surface area contributed by atoms with Crippen molar-refractivity contribution in [2.24, 2.45) is 0 Å². The summed E-state index contributed by atoms with van der Waals surface area (Å²) in [7, 11) is 10.6. The number of allylic oxidation sites excluding steroid dienone is 4. The highest BCUT2D eigenvalue weighted by Gasteiger charge is 2.13. The third-order valence-electron chi connectivity index (χ3n) is 6.61. The molecule has 0 unspecified atom stereocenters. The smallest absolute Gasteiger partial charge is 0.248 e. The normalized spacial score (nSPS) is 11.3.